The number of hydrogen-bond acceptors (Lipinski definition) is 5. The third-order valence-corrected chi connectivity index (χ3v) is 4.85. The fourth-order valence-electron chi connectivity index (χ4n) is 1.97. The van der Waals surface area contributed by atoms with E-state index in [4.69, 9.17) is 21.1 Å². The highest BCUT2D eigenvalue weighted by atomic mass is 35.5. The summed E-state index contributed by atoms with van der Waals surface area (Å²) in [6, 6.07) is 7.73. The standard InChI is InChI=1S/C17H18ClNO4S/c1-11(17(21)19-9-10-22-2)23-15(20)8-7-14-16(18)12-5-3-4-6-13(12)24-14/h3-8,11H,9-10H2,1-2H3,(H,19,21)/b8-7+/t11-/m1/s1. The number of carbonyl (C=O) groups excluding carboxylic acids is 2. The van der Waals surface area contributed by atoms with Gasteiger partial charge in [-0.1, -0.05) is 29.8 Å². The molecular weight excluding hydrogens is 350 g/mol. The quantitative estimate of drug-likeness (QED) is 0.463. The summed E-state index contributed by atoms with van der Waals surface area (Å²) in [5.41, 5.74) is 0. The Balaban J connectivity index is 1.94. The van der Waals surface area contributed by atoms with E-state index < -0.39 is 12.1 Å². The minimum Gasteiger partial charge on any atom is -0.449 e. The number of amides is 1. The van der Waals surface area contributed by atoms with Gasteiger partial charge >= 0.3 is 5.97 Å². The molecule has 24 heavy (non-hydrogen) atoms. The summed E-state index contributed by atoms with van der Waals surface area (Å²) in [6.45, 7) is 2.28. The minimum absolute atomic E-state index is 0.366. The van der Waals surface area contributed by atoms with Gasteiger partial charge in [-0.2, -0.15) is 0 Å². The van der Waals surface area contributed by atoms with Crippen LogP contribution in [0.25, 0.3) is 16.2 Å². The average Bonchev–Trinajstić information content (AvgIpc) is 2.89. The second-order valence-corrected chi connectivity index (χ2v) is 6.43. The Hall–Kier alpha value is -1.89. The van der Waals surface area contributed by atoms with Crippen molar-refractivity contribution >= 4 is 51.0 Å². The summed E-state index contributed by atoms with van der Waals surface area (Å²) in [6.07, 6.45) is 2.00. The van der Waals surface area contributed by atoms with Crippen molar-refractivity contribution in [2.45, 2.75) is 13.0 Å². The number of halogens is 1. The molecule has 1 aromatic carbocycles. The highest BCUT2D eigenvalue weighted by Crippen LogP contribution is 2.35. The molecule has 1 N–H and O–H groups in total. The van der Waals surface area contributed by atoms with Crippen molar-refractivity contribution in [1.29, 1.82) is 0 Å². The largest absolute Gasteiger partial charge is 0.449 e. The fraction of sp³-hybridized carbons (Fsp3) is 0.294. The Bertz CT molecular complexity index is 756. The molecule has 0 saturated carbocycles. The van der Waals surface area contributed by atoms with Crippen LogP contribution in [0.1, 0.15) is 11.8 Å². The molecule has 0 bridgehead atoms. The van der Waals surface area contributed by atoms with Gasteiger partial charge in [-0.25, -0.2) is 4.79 Å². The first-order chi connectivity index (χ1) is 11.5. The lowest BCUT2D eigenvalue weighted by molar-refractivity contribution is -0.150. The van der Waals surface area contributed by atoms with Crippen LogP contribution in [-0.4, -0.2) is 38.2 Å². The minimum atomic E-state index is -0.878. The summed E-state index contributed by atoms with van der Waals surface area (Å²) in [5, 5.41) is 4.15. The number of ether oxygens (including phenoxy) is 2. The zero-order valence-electron chi connectivity index (χ0n) is 13.4. The third-order valence-electron chi connectivity index (χ3n) is 3.20. The molecule has 128 valence electrons. The van der Waals surface area contributed by atoms with E-state index in [-0.39, 0.29) is 5.91 Å². The Labute approximate surface area is 149 Å². The predicted octanol–water partition coefficient (Wildman–Crippen LogP) is 3.26. The van der Waals surface area contributed by atoms with E-state index in [0.29, 0.717) is 18.2 Å². The van der Waals surface area contributed by atoms with Gasteiger partial charge in [-0.15, -0.1) is 11.3 Å². The van der Waals surface area contributed by atoms with Gasteiger partial charge in [-0.05, 0) is 19.1 Å². The Morgan fingerprint density at radius 3 is 2.83 bits per heavy atom. The predicted molar refractivity (Wildman–Crippen MR) is 96.3 cm³/mol. The molecule has 0 spiro atoms. The monoisotopic (exact) mass is 367 g/mol. The van der Waals surface area contributed by atoms with Crippen molar-refractivity contribution in [3.05, 3.63) is 40.2 Å². The number of benzene rings is 1. The Morgan fingerprint density at radius 1 is 1.38 bits per heavy atom. The van der Waals surface area contributed by atoms with E-state index in [1.165, 1.54) is 24.3 Å². The summed E-state index contributed by atoms with van der Waals surface area (Å²) < 4.78 is 10.9. The number of fused-ring (bicyclic) bond motifs is 1. The lowest BCUT2D eigenvalue weighted by Crippen LogP contribution is -2.37. The van der Waals surface area contributed by atoms with Gasteiger partial charge in [0.1, 0.15) is 0 Å². The van der Waals surface area contributed by atoms with Gasteiger partial charge in [0.25, 0.3) is 5.91 Å². The topological polar surface area (TPSA) is 64.6 Å². The number of rotatable bonds is 7. The molecule has 2 rings (SSSR count). The summed E-state index contributed by atoms with van der Waals surface area (Å²) in [7, 11) is 1.54. The van der Waals surface area contributed by atoms with Gasteiger partial charge in [0, 0.05) is 34.7 Å². The van der Waals surface area contributed by atoms with Crippen molar-refractivity contribution in [3.63, 3.8) is 0 Å². The molecule has 0 saturated heterocycles. The van der Waals surface area contributed by atoms with Crippen LogP contribution in [0, 0.1) is 0 Å². The van der Waals surface area contributed by atoms with Gasteiger partial charge in [0.2, 0.25) is 0 Å². The normalized spacial score (nSPS) is 12.5. The van der Waals surface area contributed by atoms with Gasteiger partial charge in [0.15, 0.2) is 6.10 Å². The van der Waals surface area contributed by atoms with Crippen LogP contribution in [0.2, 0.25) is 5.02 Å². The first-order valence-electron chi connectivity index (χ1n) is 7.35. The molecule has 2 aromatic rings. The average molecular weight is 368 g/mol. The molecule has 0 fully saturated rings. The maximum Gasteiger partial charge on any atom is 0.331 e. The lowest BCUT2D eigenvalue weighted by atomic mass is 10.2. The summed E-state index contributed by atoms with van der Waals surface area (Å²) in [5.74, 6) is -0.966. The van der Waals surface area contributed by atoms with Crippen LogP contribution in [-0.2, 0) is 19.1 Å². The zero-order chi connectivity index (χ0) is 17.5. The molecular formula is C17H18ClNO4S. The van der Waals surface area contributed by atoms with Crippen molar-refractivity contribution in [2.75, 3.05) is 20.3 Å². The van der Waals surface area contributed by atoms with E-state index in [2.05, 4.69) is 5.32 Å². The van der Waals surface area contributed by atoms with E-state index in [1.807, 2.05) is 24.3 Å². The van der Waals surface area contributed by atoms with Gasteiger partial charge in [0.05, 0.1) is 11.6 Å². The number of carbonyl (C=O) groups is 2. The van der Waals surface area contributed by atoms with Crippen LogP contribution in [0.4, 0.5) is 0 Å². The molecule has 0 radical (unpaired) electrons. The smallest absolute Gasteiger partial charge is 0.331 e. The molecule has 0 aliphatic carbocycles. The van der Waals surface area contributed by atoms with Crippen molar-refractivity contribution in [1.82, 2.24) is 5.32 Å². The van der Waals surface area contributed by atoms with E-state index in [1.54, 1.807) is 13.2 Å². The number of nitrogens with one attached hydrogen (secondary N) is 1. The Morgan fingerprint density at radius 2 is 2.12 bits per heavy atom. The zero-order valence-corrected chi connectivity index (χ0v) is 14.9. The second-order valence-electron chi connectivity index (χ2n) is 4.97. The van der Waals surface area contributed by atoms with Crippen LogP contribution in [0.15, 0.2) is 30.3 Å². The number of thiophene rings is 1. The van der Waals surface area contributed by atoms with Crippen molar-refractivity contribution in [3.8, 4) is 0 Å². The van der Waals surface area contributed by atoms with Gasteiger partial charge < -0.3 is 14.8 Å². The highest BCUT2D eigenvalue weighted by Gasteiger charge is 2.16. The van der Waals surface area contributed by atoms with Crippen molar-refractivity contribution < 1.29 is 19.1 Å². The molecule has 1 amide bonds. The van der Waals surface area contributed by atoms with E-state index in [9.17, 15) is 9.59 Å². The third kappa shape index (κ3) is 4.80. The number of methoxy groups -OCH3 is 1. The van der Waals surface area contributed by atoms with E-state index >= 15 is 0 Å². The highest BCUT2D eigenvalue weighted by molar-refractivity contribution is 7.20. The molecule has 1 heterocycles. The Kier molecular flexibility index (Phi) is 6.78. The maximum atomic E-state index is 11.8. The molecule has 1 atom stereocenters. The summed E-state index contributed by atoms with van der Waals surface area (Å²) >= 11 is 7.78. The first-order valence-corrected chi connectivity index (χ1v) is 8.54. The molecule has 7 heteroatoms. The van der Waals surface area contributed by atoms with Crippen LogP contribution < -0.4 is 5.32 Å². The first kappa shape index (κ1) is 18.4. The molecule has 0 unspecified atom stereocenters. The second kappa shape index (κ2) is 8.82. The molecule has 1 aromatic heterocycles. The molecule has 0 aliphatic heterocycles. The lowest BCUT2D eigenvalue weighted by Gasteiger charge is -2.11. The fourth-order valence-corrected chi connectivity index (χ4v) is 3.37. The SMILES string of the molecule is COCCNC(=O)[C@@H](C)OC(=O)/C=C/c1sc2ccccc2c1Cl. The van der Waals surface area contributed by atoms with Crippen LogP contribution in [0.5, 0.6) is 0 Å². The van der Waals surface area contributed by atoms with Crippen LogP contribution in [0.3, 0.4) is 0 Å². The van der Waals surface area contributed by atoms with E-state index in [0.717, 1.165) is 15.0 Å². The van der Waals surface area contributed by atoms with Crippen LogP contribution >= 0.6 is 22.9 Å². The maximum absolute atomic E-state index is 11.8. The van der Waals surface area contributed by atoms with Gasteiger partial charge in [-0.3, -0.25) is 4.79 Å². The molecule has 0 aliphatic rings. The van der Waals surface area contributed by atoms with Crippen molar-refractivity contribution in [2.24, 2.45) is 0 Å². The number of hydrogen-bond donors (Lipinski definition) is 1. The molecule has 5 nitrogen and oxygen atoms in total. The summed E-state index contributed by atoms with van der Waals surface area (Å²) in [4.78, 5) is 24.3. The number of esters is 1.